The molecule has 3 nitrogen and oxygen atoms in total. The molecule has 2 N–H and O–H groups in total. The normalized spacial score (nSPS) is 11.2. The predicted molar refractivity (Wildman–Crippen MR) is 87.4 cm³/mol. The lowest BCUT2D eigenvalue weighted by atomic mass is 10.2. The monoisotopic (exact) mass is 386 g/mol. The van der Waals surface area contributed by atoms with Crippen LogP contribution in [0.1, 0.15) is 11.1 Å². The Balaban J connectivity index is 1.97. The fraction of sp³-hybridized carbons (Fsp3) is 0.188. The van der Waals surface area contributed by atoms with Crippen molar-refractivity contribution in [3.8, 4) is 0 Å². The third-order valence-electron chi connectivity index (χ3n) is 3.04. The number of rotatable bonds is 4. The van der Waals surface area contributed by atoms with Crippen LogP contribution in [0.15, 0.2) is 46.9 Å². The van der Waals surface area contributed by atoms with Gasteiger partial charge in [-0.2, -0.15) is 13.2 Å². The molecule has 0 unspecified atom stereocenters. The molecule has 0 aliphatic heterocycles. The van der Waals surface area contributed by atoms with E-state index in [-0.39, 0.29) is 18.1 Å². The van der Waals surface area contributed by atoms with Gasteiger partial charge in [0.1, 0.15) is 0 Å². The molecule has 0 aromatic heterocycles. The van der Waals surface area contributed by atoms with Crippen molar-refractivity contribution in [1.82, 2.24) is 0 Å². The van der Waals surface area contributed by atoms with Crippen LogP contribution in [0.2, 0.25) is 0 Å². The Morgan fingerprint density at radius 1 is 1.17 bits per heavy atom. The zero-order chi connectivity index (χ0) is 17.0. The molecule has 0 heterocycles. The van der Waals surface area contributed by atoms with E-state index in [1.807, 2.05) is 19.1 Å². The van der Waals surface area contributed by atoms with Crippen LogP contribution in [0.4, 0.5) is 24.5 Å². The van der Waals surface area contributed by atoms with Crippen molar-refractivity contribution in [3.63, 3.8) is 0 Å². The fourth-order valence-corrected chi connectivity index (χ4v) is 2.50. The van der Waals surface area contributed by atoms with E-state index < -0.39 is 11.7 Å². The smallest absolute Gasteiger partial charge is 0.376 e. The standard InChI is InChI=1S/C16H14BrF3N2O/c1-10-5-6-14(13(17)7-10)22-15(23)9-21-12-4-2-3-11(8-12)16(18,19)20/h2-8,21H,9H2,1H3,(H,22,23). The molecular formula is C16H14BrF3N2O. The first-order chi connectivity index (χ1) is 10.8. The van der Waals surface area contributed by atoms with Gasteiger partial charge in [-0.05, 0) is 58.7 Å². The number of carbonyl (C=O) groups is 1. The minimum Gasteiger partial charge on any atom is -0.376 e. The summed E-state index contributed by atoms with van der Waals surface area (Å²) in [4.78, 5) is 11.9. The van der Waals surface area contributed by atoms with E-state index in [0.29, 0.717) is 5.69 Å². The Morgan fingerprint density at radius 2 is 1.91 bits per heavy atom. The highest BCUT2D eigenvalue weighted by molar-refractivity contribution is 9.10. The van der Waals surface area contributed by atoms with Crippen LogP contribution >= 0.6 is 15.9 Å². The van der Waals surface area contributed by atoms with Crippen molar-refractivity contribution in [1.29, 1.82) is 0 Å². The first-order valence-corrected chi connectivity index (χ1v) is 7.52. The van der Waals surface area contributed by atoms with Crippen LogP contribution < -0.4 is 10.6 Å². The molecule has 0 aliphatic rings. The van der Waals surface area contributed by atoms with E-state index in [4.69, 9.17) is 0 Å². The number of halogens is 4. The molecule has 0 aliphatic carbocycles. The molecule has 2 aromatic rings. The molecule has 0 radical (unpaired) electrons. The van der Waals surface area contributed by atoms with E-state index >= 15 is 0 Å². The van der Waals surface area contributed by atoms with Crippen molar-refractivity contribution in [3.05, 3.63) is 58.1 Å². The number of nitrogens with one attached hydrogen (secondary N) is 2. The Hall–Kier alpha value is -2.02. The number of carbonyl (C=O) groups excluding carboxylic acids is 1. The molecule has 0 bridgehead atoms. The van der Waals surface area contributed by atoms with Crippen molar-refractivity contribution in [2.75, 3.05) is 17.2 Å². The average Bonchev–Trinajstić information content (AvgIpc) is 2.47. The summed E-state index contributed by atoms with van der Waals surface area (Å²) >= 11 is 3.34. The second-order valence-electron chi connectivity index (χ2n) is 4.96. The van der Waals surface area contributed by atoms with Crippen LogP contribution in [-0.4, -0.2) is 12.5 Å². The maximum absolute atomic E-state index is 12.6. The van der Waals surface area contributed by atoms with Crippen molar-refractivity contribution in [2.45, 2.75) is 13.1 Å². The summed E-state index contributed by atoms with van der Waals surface area (Å²) in [6.45, 7) is 1.78. The lowest BCUT2D eigenvalue weighted by Gasteiger charge is -2.11. The molecule has 0 saturated heterocycles. The van der Waals surface area contributed by atoms with E-state index in [1.54, 1.807) is 6.07 Å². The average molecular weight is 387 g/mol. The van der Waals surface area contributed by atoms with Crippen LogP contribution in [0.5, 0.6) is 0 Å². The van der Waals surface area contributed by atoms with Gasteiger partial charge in [0.25, 0.3) is 0 Å². The van der Waals surface area contributed by atoms with Gasteiger partial charge in [0.05, 0.1) is 17.8 Å². The molecule has 122 valence electrons. The maximum Gasteiger partial charge on any atom is 0.416 e. The minimum absolute atomic E-state index is 0.137. The Kier molecular flexibility index (Phi) is 5.30. The van der Waals surface area contributed by atoms with E-state index in [2.05, 4.69) is 26.6 Å². The van der Waals surface area contributed by atoms with Crippen molar-refractivity contribution in [2.24, 2.45) is 0 Å². The summed E-state index contributed by atoms with van der Waals surface area (Å²) in [5.74, 6) is -0.355. The molecule has 7 heteroatoms. The third-order valence-corrected chi connectivity index (χ3v) is 3.70. The van der Waals surface area contributed by atoms with Gasteiger partial charge in [-0.3, -0.25) is 4.79 Å². The molecule has 23 heavy (non-hydrogen) atoms. The van der Waals surface area contributed by atoms with E-state index in [9.17, 15) is 18.0 Å². The van der Waals surface area contributed by atoms with Crippen LogP contribution in [0.25, 0.3) is 0 Å². The van der Waals surface area contributed by atoms with Gasteiger partial charge < -0.3 is 10.6 Å². The summed E-state index contributed by atoms with van der Waals surface area (Å²) in [7, 11) is 0. The Bertz CT molecular complexity index is 717. The molecular weight excluding hydrogens is 373 g/mol. The summed E-state index contributed by atoms with van der Waals surface area (Å²) in [5.41, 5.74) is 1.12. The van der Waals surface area contributed by atoms with Crippen molar-refractivity contribution < 1.29 is 18.0 Å². The highest BCUT2D eigenvalue weighted by Crippen LogP contribution is 2.30. The summed E-state index contributed by atoms with van der Waals surface area (Å²) in [5, 5.41) is 5.36. The lowest BCUT2D eigenvalue weighted by Crippen LogP contribution is -2.22. The second-order valence-corrected chi connectivity index (χ2v) is 5.82. The summed E-state index contributed by atoms with van der Waals surface area (Å²) < 4.78 is 38.6. The number of aryl methyl sites for hydroxylation is 1. The molecule has 2 rings (SSSR count). The van der Waals surface area contributed by atoms with Crippen LogP contribution in [0, 0.1) is 6.92 Å². The zero-order valence-corrected chi connectivity index (χ0v) is 13.8. The maximum atomic E-state index is 12.6. The summed E-state index contributed by atoms with van der Waals surface area (Å²) in [6, 6.07) is 10.2. The minimum atomic E-state index is -4.41. The number of benzene rings is 2. The van der Waals surface area contributed by atoms with Gasteiger partial charge in [0.2, 0.25) is 5.91 Å². The van der Waals surface area contributed by atoms with Gasteiger partial charge in [-0.15, -0.1) is 0 Å². The molecule has 2 aromatic carbocycles. The number of amides is 1. The number of alkyl halides is 3. The van der Waals surface area contributed by atoms with E-state index in [1.165, 1.54) is 12.1 Å². The van der Waals surface area contributed by atoms with Crippen LogP contribution in [-0.2, 0) is 11.0 Å². The third kappa shape index (κ3) is 4.99. The van der Waals surface area contributed by atoms with E-state index in [0.717, 1.165) is 22.2 Å². The first-order valence-electron chi connectivity index (χ1n) is 6.73. The molecule has 0 atom stereocenters. The number of hydrogen-bond acceptors (Lipinski definition) is 2. The predicted octanol–water partition coefficient (Wildman–Crippen LogP) is 4.83. The van der Waals surface area contributed by atoms with Gasteiger partial charge >= 0.3 is 6.18 Å². The molecule has 1 amide bonds. The quantitative estimate of drug-likeness (QED) is 0.790. The lowest BCUT2D eigenvalue weighted by molar-refractivity contribution is -0.137. The van der Waals surface area contributed by atoms with Gasteiger partial charge in [0, 0.05) is 10.2 Å². The SMILES string of the molecule is Cc1ccc(NC(=O)CNc2cccc(C(F)(F)F)c2)c(Br)c1. The molecule has 0 spiro atoms. The highest BCUT2D eigenvalue weighted by Gasteiger charge is 2.30. The topological polar surface area (TPSA) is 41.1 Å². The Morgan fingerprint density at radius 3 is 2.57 bits per heavy atom. The summed E-state index contributed by atoms with van der Waals surface area (Å²) in [6.07, 6.45) is -4.41. The zero-order valence-electron chi connectivity index (χ0n) is 12.2. The Labute approximate surface area is 140 Å². The largest absolute Gasteiger partial charge is 0.416 e. The molecule has 0 saturated carbocycles. The number of anilines is 2. The van der Waals surface area contributed by atoms with Gasteiger partial charge in [-0.25, -0.2) is 0 Å². The van der Waals surface area contributed by atoms with Gasteiger partial charge in [-0.1, -0.05) is 12.1 Å². The molecule has 0 fully saturated rings. The highest BCUT2D eigenvalue weighted by atomic mass is 79.9. The second kappa shape index (κ2) is 7.04. The van der Waals surface area contributed by atoms with Crippen LogP contribution in [0.3, 0.4) is 0 Å². The number of hydrogen-bond donors (Lipinski definition) is 2. The fourth-order valence-electron chi connectivity index (χ4n) is 1.90. The van der Waals surface area contributed by atoms with Crippen molar-refractivity contribution >= 4 is 33.2 Å². The van der Waals surface area contributed by atoms with Gasteiger partial charge in [0.15, 0.2) is 0 Å². The first kappa shape index (κ1) is 17.3.